The molecule has 13 heteroatoms. The van der Waals surface area contributed by atoms with Gasteiger partial charge < -0.3 is 20.7 Å². The van der Waals surface area contributed by atoms with Gasteiger partial charge >= 0.3 is 6.36 Å². The van der Waals surface area contributed by atoms with Crippen molar-refractivity contribution >= 4 is 17.1 Å². The third-order valence-electron chi connectivity index (χ3n) is 3.49. The van der Waals surface area contributed by atoms with E-state index in [1.165, 1.54) is 0 Å². The summed E-state index contributed by atoms with van der Waals surface area (Å²) in [6.07, 6.45) is -10.6. The molecule has 1 aliphatic heterocycles. The molecule has 0 bridgehead atoms. The SMILES string of the molecule is Nc1nc2c(ncn2[C@@H]2O[C@H](CO)[C@H](O)C2OC(F)(F)F)c(=O)[nH]1. The van der Waals surface area contributed by atoms with E-state index in [-0.39, 0.29) is 17.1 Å². The van der Waals surface area contributed by atoms with E-state index >= 15 is 0 Å². The minimum atomic E-state index is -5.06. The van der Waals surface area contributed by atoms with Crippen molar-refractivity contribution in [2.24, 2.45) is 0 Å². The lowest BCUT2D eigenvalue weighted by atomic mass is 10.1. The molecule has 10 nitrogen and oxygen atoms in total. The molecule has 3 heterocycles. The molecule has 132 valence electrons. The number of aromatic amines is 1. The van der Waals surface area contributed by atoms with E-state index in [0.29, 0.717) is 0 Å². The fourth-order valence-corrected chi connectivity index (χ4v) is 2.50. The molecule has 1 aliphatic rings. The number of aliphatic hydroxyl groups is 2. The molecule has 0 saturated carbocycles. The zero-order valence-electron chi connectivity index (χ0n) is 11.8. The highest BCUT2D eigenvalue weighted by atomic mass is 19.4. The number of hydrogen-bond acceptors (Lipinski definition) is 8. The fraction of sp³-hybridized carbons (Fsp3) is 0.545. The molecule has 1 saturated heterocycles. The molecule has 1 fully saturated rings. The number of aliphatic hydroxyl groups excluding tert-OH is 2. The number of imidazole rings is 1. The number of hydrogen-bond donors (Lipinski definition) is 4. The van der Waals surface area contributed by atoms with Crippen molar-refractivity contribution in [1.82, 2.24) is 19.5 Å². The van der Waals surface area contributed by atoms with Gasteiger partial charge in [-0.3, -0.25) is 19.1 Å². The fourth-order valence-electron chi connectivity index (χ4n) is 2.50. The lowest BCUT2D eigenvalue weighted by Crippen LogP contribution is -2.39. The molecule has 4 atom stereocenters. The largest absolute Gasteiger partial charge is 0.523 e. The average molecular weight is 351 g/mol. The summed E-state index contributed by atoms with van der Waals surface area (Å²) in [7, 11) is 0. The third kappa shape index (κ3) is 2.82. The predicted octanol–water partition coefficient (Wildman–Crippen LogP) is -1.14. The van der Waals surface area contributed by atoms with E-state index in [9.17, 15) is 23.1 Å². The molecule has 2 aromatic heterocycles. The van der Waals surface area contributed by atoms with Crippen LogP contribution < -0.4 is 11.3 Å². The number of H-pyrrole nitrogens is 1. The third-order valence-corrected chi connectivity index (χ3v) is 3.49. The van der Waals surface area contributed by atoms with E-state index < -0.39 is 43.1 Å². The van der Waals surface area contributed by atoms with Gasteiger partial charge in [0.15, 0.2) is 17.4 Å². The van der Waals surface area contributed by atoms with Crippen molar-refractivity contribution in [2.45, 2.75) is 30.9 Å². The quantitative estimate of drug-likeness (QED) is 0.542. The van der Waals surface area contributed by atoms with Gasteiger partial charge in [0, 0.05) is 0 Å². The Hall–Kier alpha value is -2.22. The Morgan fingerprint density at radius 3 is 2.83 bits per heavy atom. The topological polar surface area (TPSA) is 149 Å². The van der Waals surface area contributed by atoms with Crippen LogP contribution in [0.2, 0.25) is 0 Å². The van der Waals surface area contributed by atoms with Crippen LogP contribution in [0.25, 0.3) is 11.2 Å². The van der Waals surface area contributed by atoms with Crippen LogP contribution in [0.4, 0.5) is 19.1 Å². The Balaban J connectivity index is 2.07. The number of aromatic nitrogens is 4. The summed E-state index contributed by atoms with van der Waals surface area (Å²) < 4.78 is 47.9. The van der Waals surface area contributed by atoms with E-state index in [4.69, 9.17) is 15.6 Å². The van der Waals surface area contributed by atoms with Crippen LogP contribution in [0.15, 0.2) is 11.1 Å². The molecule has 0 aromatic carbocycles. The van der Waals surface area contributed by atoms with E-state index in [1.54, 1.807) is 0 Å². The maximum absolute atomic E-state index is 12.6. The number of fused-ring (bicyclic) bond motifs is 1. The Morgan fingerprint density at radius 2 is 2.21 bits per heavy atom. The molecule has 0 spiro atoms. The molecule has 3 rings (SSSR count). The predicted molar refractivity (Wildman–Crippen MR) is 70.5 cm³/mol. The first kappa shape index (κ1) is 16.6. The van der Waals surface area contributed by atoms with Crippen LogP contribution in [0.3, 0.4) is 0 Å². The average Bonchev–Trinajstić information content (AvgIpc) is 3.00. The number of nitrogens with two attached hydrogens (primary N) is 1. The number of alkyl halides is 3. The highest BCUT2D eigenvalue weighted by molar-refractivity contribution is 5.70. The van der Waals surface area contributed by atoms with Crippen LogP contribution in [0.1, 0.15) is 6.23 Å². The summed E-state index contributed by atoms with van der Waals surface area (Å²) >= 11 is 0. The monoisotopic (exact) mass is 351 g/mol. The summed E-state index contributed by atoms with van der Waals surface area (Å²) in [5.74, 6) is -0.278. The summed E-state index contributed by atoms with van der Waals surface area (Å²) in [5.41, 5.74) is 4.40. The van der Waals surface area contributed by atoms with Crippen LogP contribution in [-0.4, -0.2) is 61.0 Å². The van der Waals surface area contributed by atoms with Crippen molar-refractivity contribution in [3.63, 3.8) is 0 Å². The lowest BCUT2D eigenvalue weighted by Gasteiger charge is -2.22. The highest BCUT2D eigenvalue weighted by Crippen LogP contribution is 2.36. The maximum atomic E-state index is 12.6. The number of rotatable bonds is 3. The minimum absolute atomic E-state index is 0.150. The number of halogens is 3. The van der Waals surface area contributed by atoms with Crippen molar-refractivity contribution in [3.05, 3.63) is 16.7 Å². The van der Waals surface area contributed by atoms with Gasteiger partial charge in [0.2, 0.25) is 5.95 Å². The van der Waals surface area contributed by atoms with Crippen molar-refractivity contribution < 1.29 is 32.9 Å². The Kier molecular flexibility index (Phi) is 3.95. The summed E-state index contributed by atoms with van der Waals surface area (Å²) in [6, 6.07) is 0. The van der Waals surface area contributed by atoms with Crippen LogP contribution >= 0.6 is 0 Å². The molecule has 0 aliphatic carbocycles. The smallest absolute Gasteiger partial charge is 0.394 e. The summed E-state index contributed by atoms with van der Waals surface area (Å²) in [5, 5.41) is 19.0. The normalized spacial score (nSPS) is 27.9. The second-order valence-corrected chi connectivity index (χ2v) is 5.04. The highest BCUT2D eigenvalue weighted by Gasteiger charge is 2.50. The van der Waals surface area contributed by atoms with Crippen LogP contribution in [0, 0.1) is 0 Å². The zero-order chi connectivity index (χ0) is 17.6. The molecule has 0 radical (unpaired) electrons. The van der Waals surface area contributed by atoms with Crippen molar-refractivity contribution in [3.8, 4) is 0 Å². The molecular weight excluding hydrogens is 339 g/mol. The minimum Gasteiger partial charge on any atom is -0.394 e. The van der Waals surface area contributed by atoms with Gasteiger partial charge in [0.25, 0.3) is 5.56 Å². The molecular formula is C11H12F3N5O5. The van der Waals surface area contributed by atoms with Gasteiger partial charge in [0.05, 0.1) is 12.9 Å². The molecule has 24 heavy (non-hydrogen) atoms. The first-order chi connectivity index (χ1) is 11.2. The van der Waals surface area contributed by atoms with Gasteiger partial charge in [-0.05, 0) is 0 Å². The van der Waals surface area contributed by atoms with Crippen LogP contribution in [0.5, 0.6) is 0 Å². The van der Waals surface area contributed by atoms with Crippen molar-refractivity contribution in [2.75, 3.05) is 12.3 Å². The van der Waals surface area contributed by atoms with E-state index in [1.807, 2.05) is 0 Å². The second kappa shape index (κ2) is 5.70. The van der Waals surface area contributed by atoms with E-state index in [2.05, 4.69) is 19.7 Å². The molecule has 2 aromatic rings. The Bertz CT molecular complexity index is 805. The van der Waals surface area contributed by atoms with E-state index in [0.717, 1.165) is 10.9 Å². The molecule has 1 unspecified atom stereocenters. The first-order valence-corrected chi connectivity index (χ1v) is 6.62. The van der Waals surface area contributed by atoms with Gasteiger partial charge in [-0.1, -0.05) is 0 Å². The summed E-state index contributed by atoms with van der Waals surface area (Å²) in [6.45, 7) is -0.738. The molecule has 5 N–H and O–H groups in total. The number of nitrogen functional groups attached to an aromatic ring is 1. The Labute approximate surface area is 130 Å². The van der Waals surface area contributed by atoms with Gasteiger partial charge in [0.1, 0.15) is 18.3 Å². The number of nitrogens with one attached hydrogen (secondary N) is 1. The maximum Gasteiger partial charge on any atom is 0.523 e. The Morgan fingerprint density at radius 1 is 1.50 bits per heavy atom. The first-order valence-electron chi connectivity index (χ1n) is 6.62. The van der Waals surface area contributed by atoms with Crippen molar-refractivity contribution in [1.29, 1.82) is 0 Å². The zero-order valence-corrected chi connectivity index (χ0v) is 11.8. The summed E-state index contributed by atoms with van der Waals surface area (Å²) in [4.78, 5) is 21.5. The van der Waals surface area contributed by atoms with Gasteiger partial charge in [-0.2, -0.15) is 4.98 Å². The van der Waals surface area contributed by atoms with Crippen LogP contribution in [-0.2, 0) is 9.47 Å². The van der Waals surface area contributed by atoms with Gasteiger partial charge in [-0.15, -0.1) is 13.2 Å². The number of nitrogens with zero attached hydrogens (tertiary/aromatic N) is 3. The lowest BCUT2D eigenvalue weighted by molar-refractivity contribution is -0.355. The number of anilines is 1. The number of ether oxygens (including phenoxy) is 2. The molecule has 0 amide bonds. The van der Waals surface area contributed by atoms with Gasteiger partial charge in [-0.25, -0.2) is 4.98 Å². The standard InChI is InChI=1S/C11H12F3N5O5/c12-11(13,14)24-6-5(21)3(1-20)23-9(6)19-2-16-4-7(19)17-10(15)18-8(4)22/h2-3,5-6,9,20-21H,1H2,(H3,15,17,18,22)/t3-,5+,6?,9-/m1/s1. The second-order valence-electron chi connectivity index (χ2n) is 5.04.